The topological polar surface area (TPSA) is 62.2 Å². The Bertz CT molecular complexity index is 455. The molecule has 1 aliphatic carbocycles. The number of anilines is 1. The van der Waals surface area contributed by atoms with Crippen molar-refractivity contribution in [2.75, 3.05) is 11.9 Å². The van der Waals surface area contributed by atoms with Crippen molar-refractivity contribution >= 4 is 11.8 Å². The van der Waals surface area contributed by atoms with Gasteiger partial charge in [-0.3, -0.25) is 0 Å². The second kappa shape index (κ2) is 5.38. The second-order valence-electron chi connectivity index (χ2n) is 5.26. The highest BCUT2D eigenvalue weighted by Gasteiger charge is 2.19. The molecule has 4 nitrogen and oxygen atoms in total. The summed E-state index contributed by atoms with van der Waals surface area (Å²) in [5, 5.41) is 12.4. The molecule has 1 aromatic heterocycles. The lowest BCUT2D eigenvalue weighted by molar-refractivity contribution is 0.0697. The summed E-state index contributed by atoms with van der Waals surface area (Å²) in [7, 11) is 0. The van der Waals surface area contributed by atoms with Gasteiger partial charge in [-0.1, -0.05) is 13.8 Å². The maximum absolute atomic E-state index is 11.2. The van der Waals surface area contributed by atoms with Crippen LogP contribution in [0.2, 0.25) is 0 Å². The predicted octanol–water partition coefficient (Wildman–Crippen LogP) is 2.73. The van der Waals surface area contributed by atoms with Gasteiger partial charge in [0, 0.05) is 12.2 Å². The Morgan fingerprint density at radius 2 is 2.28 bits per heavy atom. The zero-order valence-corrected chi connectivity index (χ0v) is 11.0. The van der Waals surface area contributed by atoms with Gasteiger partial charge in [0.2, 0.25) is 0 Å². The van der Waals surface area contributed by atoms with Crippen molar-refractivity contribution in [1.29, 1.82) is 0 Å². The molecule has 2 rings (SSSR count). The van der Waals surface area contributed by atoms with Crippen LogP contribution in [0, 0.1) is 5.92 Å². The molecule has 0 bridgehead atoms. The third-order valence-corrected chi connectivity index (χ3v) is 3.30. The van der Waals surface area contributed by atoms with E-state index in [0.29, 0.717) is 17.3 Å². The number of pyridine rings is 1. The highest BCUT2D eigenvalue weighted by Crippen LogP contribution is 2.25. The summed E-state index contributed by atoms with van der Waals surface area (Å²) in [6.45, 7) is 5.07. The molecule has 0 amide bonds. The molecular formula is C14H20N2O2. The van der Waals surface area contributed by atoms with E-state index in [-0.39, 0.29) is 0 Å². The van der Waals surface area contributed by atoms with Gasteiger partial charge in [0.1, 0.15) is 11.4 Å². The Morgan fingerprint density at radius 3 is 2.94 bits per heavy atom. The number of hydrogen-bond donors (Lipinski definition) is 2. The van der Waals surface area contributed by atoms with Crippen LogP contribution in [0.25, 0.3) is 0 Å². The zero-order valence-electron chi connectivity index (χ0n) is 11.0. The molecule has 0 aliphatic heterocycles. The summed E-state index contributed by atoms with van der Waals surface area (Å²) in [5.41, 5.74) is 2.47. The van der Waals surface area contributed by atoms with Crippen LogP contribution in [0.4, 0.5) is 5.82 Å². The number of carboxylic acid groups (broad SMARTS) is 1. The predicted molar refractivity (Wildman–Crippen MR) is 71.2 cm³/mol. The van der Waals surface area contributed by atoms with E-state index in [0.717, 1.165) is 43.5 Å². The molecule has 98 valence electrons. The number of nitrogens with one attached hydrogen (secondary N) is 1. The van der Waals surface area contributed by atoms with Crippen LogP contribution in [0.15, 0.2) is 6.07 Å². The third kappa shape index (κ3) is 2.81. The van der Waals surface area contributed by atoms with Crippen molar-refractivity contribution in [3.05, 3.63) is 22.9 Å². The van der Waals surface area contributed by atoms with E-state index in [1.54, 1.807) is 6.07 Å². The third-order valence-electron chi connectivity index (χ3n) is 3.30. The molecule has 2 N–H and O–H groups in total. The van der Waals surface area contributed by atoms with E-state index in [2.05, 4.69) is 24.1 Å². The lowest BCUT2D eigenvalue weighted by Gasteiger charge is -2.12. The van der Waals surface area contributed by atoms with Crippen molar-refractivity contribution in [3.8, 4) is 0 Å². The first-order chi connectivity index (χ1) is 8.58. The number of carbonyl (C=O) groups is 1. The monoisotopic (exact) mass is 248 g/mol. The normalized spacial score (nSPS) is 13.7. The van der Waals surface area contributed by atoms with Gasteiger partial charge in [-0.25, -0.2) is 9.78 Å². The molecule has 0 unspecified atom stereocenters. The van der Waals surface area contributed by atoms with Crippen LogP contribution >= 0.6 is 0 Å². The van der Waals surface area contributed by atoms with Crippen LogP contribution in [0.5, 0.6) is 0 Å². The molecule has 0 spiro atoms. The summed E-state index contributed by atoms with van der Waals surface area (Å²) < 4.78 is 0. The van der Waals surface area contributed by atoms with Gasteiger partial charge in [0.15, 0.2) is 0 Å². The van der Waals surface area contributed by atoms with Crippen LogP contribution in [0.3, 0.4) is 0 Å². The van der Waals surface area contributed by atoms with E-state index in [4.69, 9.17) is 0 Å². The Balaban J connectivity index is 2.19. The fraction of sp³-hybridized carbons (Fsp3) is 0.571. The molecule has 0 fully saturated rings. The first-order valence-electron chi connectivity index (χ1n) is 6.58. The molecule has 0 atom stereocenters. The zero-order chi connectivity index (χ0) is 13.1. The Morgan fingerprint density at radius 1 is 1.50 bits per heavy atom. The molecule has 0 saturated heterocycles. The molecule has 4 heteroatoms. The second-order valence-corrected chi connectivity index (χ2v) is 5.26. The van der Waals surface area contributed by atoms with Crippen LogP contribution in [-0.4, -0.2) is 22.6 Å². The van der Waals surface area contributed by atoms with Gasteiger partial charge < -0.3 is 10.4 Å². The van der Waals surface area contributed by atoms with E-state index in [1.165, 1.54) is 0 Å². The Kier molecular flexibility index (Phi) is 3.84. The fourth-order valence-electron chi connectivity index (χ4n) is 2.25. The number of aromatic nitrogens is 1. The van der Waals surface area contributed by atoms with Crippen LogP contribution < -0.4 is 5.32 Å². The molecule has 18 heavy (non-hydrogen) atoms. The first kappa shape index (κ1) is 12.9. The van der Waals surface area contributed by atoms with E-state index < -0.39 is 5.97 Å². The molecule has 0 radical (unpaired) electrons. The smallest absolute Gasteiger partial charge is 0.339 e. The minimum Gasteiger partial charge on any atom is -0.478 e. The fourth-order valence-corrected chi connectivity index (χ4v) is 2.25. The van der Waals surface area contributed by atoms with Gasteiger partial charge in [-0.05, 0) is 43.2 Å². The SMILES string of the molecule is CC(C)CCNc1nc2c(cc1C(=O)O)CCC2. The average molecular weight is 248 g/mol. The summed E-state index contributed by atoms with van der Waals surface area (Å²) in [6.07, 6.45) is 4.01. The van der Waals surface area contributed by atoms with Crippen LogP contribution in [0.1, 0.15) is 48.3 Å². The largest absolute Gasteiger partial charge is 0.478 e. The quantitative estimate of drug-likeness (QED) is 0.841. The van der Waals surface area contributed by atoms with E-state index >= 15 is 0 Å². The highest BCUT2D eigenvalue weighted by molar-refractivity contribution is 5.93. The van der Waals surface area contributed by atoms with Crippen molar-refractivity contribution in [1.82, 2.24) is 4.98 Å². The summed E-state index contributed by atoms with van der Waals surface area (Å²) in [4.78, 5) is 15.7. The minimum absolute atomic E-state index is 0.305. The lowest BCUT2D eigenvalue weighted by atomic mass is 10.1. The van der Waals surface area contributed by atoms with Gasteiger partial charge in [-0.2, -0.15) is 0 Å². The molecule has 0 saturated carbocycles. The lowest BCUT2D eigenvalue weighted by Crippen LogP contribution is -2.12. The number of fused-ring (bicyclic) bond motifs is 1. The molecule has 1 aliphatic rings. The number of rotatable bonds is 5. The highest BCUT2D eigenvalue weighted by atomic mass is 16.4. The van der Waals surface area contributed by atoms with Crippen molar-refractivity contribution in [3.63, 3.8) is 0 Å². The van der Waals surface area contributed by atoms with Crippen molar-refractivity contribution in [2.45, 2.75) is 39.5 Å². The summed E-state index contributed by atoms with van der Waals surface area (Å²) >= 11 is 0. The molecular weight excluding hydrogens is 228 g/mol. The molecule has 1 heterocycles. The summed E-state index contributed by atoms with van der Waals surface area (Å²) in [5.74, 6) is 0.230. The summed E-state index contributed by atoms with van der Waals surface area (Å²) in [6, 6.07) is 1.79. The van der Waals surface area contributed by atoms with Crippen LogP contribution in [-0.2, 0) is 12.8 Å². The maximum atomic E-state index is 11.2. The molecule has 1 aromatic rings. The first-order valence-corrected chi connectivity index (χ1v) is 6.58. The standard InChI is InChI=1S/C14H20N2O2/c1-9(2)6-7-15-13-11(14(17)18)8-10-4-3-5-12(10)16-13/h8-9H,3-7H2,1-2H3,(H,15,16)(H,17,18). The van der Waals surface area contributed by atoms with Gasteiger partial charge in [0.25, 0.3) is 0 Å². The Labute approximate surface area is 107 Å². The van der Waals surface area contributed by atoms with Gasteiger partial charge >= 0.3 is 5.97 Å². The van der Waals surface area contributed by atoms with E-state index in [1.807, 2.05) is 0 Å². The van der Waals surface area contributed by atoms with E-state index in [9.17, 15) is 9.90 Å². The maximum Gasteiger partial charge on any atom is 0.339 e. The average Bonchev–Trinajstić information content (AvgIpc) is 2.74. The Hall–Kier alpha value is -1.58. The van der Waals surface area contributed by atoms with Gasteiger partial charge in [-0.15, -0.1) is 0 Å². The number of aryl methyl sites for hydroxylation is 2. The number of carboxylic acids is 1. The van der Waals surface area contributed by atoms with Gasteiger partial charge in [0.05, 0.1) is 0 Å². The minimum atomic E-state index is -0.899. The van der Waals surface area contributed by atoms with Crippen molar-refractivity contribution in [2.24, 2.45) is 5.92 Å². The number of aromatic carboxylic acids is 1. The number of hydrogen-bond acceptors (Lipinski definition) is 3. The number of nitrogens with zero attached hydrogens (tertiary/aromatic N) is 1. The molecule has 0 aromatic carbocycles. The van der Waals surface area contributed by atoms with Crippen molar-refractivity contribution < 1.29 is 9.90 Å².